The van der Waals surface area contributed by atoms with Crippen molar-refractivity contribution in [2.45, 2.75) is 13.8 Å². The first-order valence-electron chi connectivity index (χ1n) is 6.73. The third kappa shape index (κ3) is 7.66. The number of amides is 3. The molecule has 0 unspecified atom stereocenters. The second kappa shape index (κ2) is 9.46. The van der Waals surface area contributed by atoms with E-state index in [0.717, 1.165) is 5.56 Å². The molecule has 0 fully saturated rings. The normalized spacial score (nSPS) is 9.62. The van der Waals surface area contributed by atoms with Crippen molar-refractivity contribution >= 4 is 12.1 Å². The number of rotatable bonds is 7. The summed E-state index contributed by atoms with van der Waals surface area (Å²) in [5.41, 5.74) is 1.14. The van der Waals surface area contributed by atoms with Crippen LogP contribution in [0.4, 0.5) is 9.59 Å². The topological polar surface area (TPSA) is 88.7 Å². The van der Waals surface area contributed by atoms with Crippen LogP contribution in [0.1, 0.15) is 12.5 Å². The van der Waals surface area contributed by atoms with Gasteiger partial charge in [-0.2, -0.15) is 0 Å². The largest absolute Gasteiger partial charge is 0.473 e. The molecule has 0 atom stereocenters. The smallest absolute Gasteiger partial charge is 0.407 e. The van der Waals surface area contributed by atoms with E-state index in [4.69, 9.17) is 4.74 Å². The highest BCUT2D eigenvalue weighted by atomic mass is 16.5. The third-order valence-corrected chi connectivity index (χ3v) is 2.45. The molecule has 0 bridgehead atoms. The van der Waals surface area contributed by atoms with Gasteiger partial charge in [0, 0.05) is 13.1 Å². The Labute approximate surface area is 124 Å². The Bertz CT molecular complexity index is 448. The number of hydrogen-bond acceptors (Lipinski definition) is 4. The monoisotopic (exact) mass is 295 g/mol. The minimum absolute atomic E-state index is 0.0696. The van der Waals surface area contributed by atoms with Crippen molar-refractivity contribution in [3.8, 4) is 5.75 Å². The molecule has 0 aliphatic carbocycles. The summed E-state index contributed by atoms with van der Waals surface area (Å²) >= 11 is 0. The fourth-order valence-corrected chi connectivity index (χ4v) is 1.40. The lowest BCUT2D eigenvalue weighted by Gasteiger charge is -2.10. The summed E-state index contributed by atoms with van der Waals surface area (Å²) in [5, 5.41) is 7.61. The van der Waals surface area contributed by atoms with Gasteiger partial charge in [0.2, 0.25) is 0 Å². The minimum atomic E-state index is -0.498. The van der Waals surface area contributed by atoms with Gasteiger partial charge in [-0.05, 0) is 26.0 Å². The lowest BCUT2D eigenvalue weighted by atomic mass is 10.2. The van der Waals surface area contributed by atoms with Crippen molar-refractivity contribution in [1.29, 1.82) is 0 Å². The molecule has 0 aromatic heterocycles. The maximum atomic E-state index is 11.4. The molecule has 21 heavy (non-hydrogen) atoms. The van der Waals surface area contributed by atoms with Gasteiger partial charge < -0.3 is 25.4 Å². The van der Waals surface area contributed by atoms with Gasteiger partial charge in [0.25, 0.3) is 0 Å². The first kappa shape index (κ1) is 16.6. The Hall–Kier alpha value is -2.44. The molecule has 7 nitrogen and oxygen atoms in total. The second-order valence-corrected chi connectivity index (χ2v) is 4.18. The van der Waals surface area contributed by atoms with Crippen LogP contribution in [-0.4, -0.2) is 38.6 Å². The van der Waals surface area contributed by atoms with E-state index in [1.54, 1.807) is 6.92 Å². The van der Waals surface area contributed by atoms with Gasteiger partial charge in [0.05, 0.1) is 6.61 Å². The molecule has 116 valence electrons. The fraction of sp³-hybridized carbons (Fsp3) is 0.429. The number of benzene rings is 1. The Kier molecular flexibility index (Phi) is 7.49. The van der Waals surface area contributed by atoms with E-state index in [1.165, 1.54) is 0 Å². The summed E-state index contributed by atoms with van der Waals surface area (Å²) in [7, 11) is 0. The molecule has 0 saturated heterocycles. The van der Waals surface area contributed by atoms with E-state index in [9.17, 15) is 9.59 Å². The highest BCUT2D eigenvalue weighted by Crippen LogP contribution is 2.10. The minimum Gasteiger partial charge on any atom is -0.473 e. The van der Waals surface area contributed by atoms with Crippen LogP contribution in [0.2, 0.25) is 0 Å². The second-order valence-electron chi connectivity index (χ2n) is 4.18. The van der Waals surface area contributed by atoms with Gasteiger partial charge in [-0.25, -0.2) is 9.59 Å². The van der Waals surface area contributed by atoms with Crippen molar-refractivity contribution < 1.29 is 19.1 Å². The number of aryl methyl sites for hydroxylation is 1. The highest BCUT2D eigenvalue weighted by molar-refractivity contribution is 5.73. The average molecular weight is 295 g/mol. The summed E-state index contributed by atoms with van der Waals surface area (Å²) in [6, 6.07) is 7.15. The lowest BCUT2D eigenvalue weighted by Crippen LogP contribution is -2.41. The molecule has 0 radical (unpaired) electrons. The van der Waals surface area contributed by atoms with E-state index in [1.807, 2.05) is 31.2 Å². The zero-order valence-electron chi connectivity index (χ0n) is 12.3. The summed E-state index contributed by atoms with van der Waals surface area (Å²) < 4.78 is 10.0. The molecule has 0 saturated carbocycles. The summed E-state index contributed by atoms with van der Waals surface area (Å²) in [6.45, 7) is 4.69. The Morgan fingerprint density at radius 1 is 1.05 bits per heavy atom. The Balaban J connectivity index is 2.06. The number of hydrogen-bond donors (Lipinski definition) is 3. The molecule has 0 spiro atoms. The molecule has 0 aliphatic rings. The highest BCUT2D eigenvalue weighted by Gasteiger charge is 2.01. The van der Waals surface area contributed by atoms with Crippen LogP contribution in [0.15, 0.2) is 24.3 Å². The van der Waals surface area contributed by atoms with Crippen molar-refractivity contribution in [2.24, 2.45) is 0 Å². The van der Waals surface area contributed by atoms with E-state index in [0.29, 0.717) is 25.4 Å². The molecular formula is C14H21N3O4. The van der Waals surface area contributed by atoms with Crippen LogP contribution in [0.5, 0.6) is 5.75 Å². The van der Waals surface area contributed by atoms with E-state index in [-0.39, 0.29) is 12.8 Å². The van der Waals surface area contributed by atoms with Crippen molar-refractivity contribution in [2.75, 3.05) is 26.4 Å². The Morgan fingerprint density at radius 3 is 2.38 bits per heavy atom. The number of carbonyl (C=O) groups excluding carboxylic acids is 2. The number of urea groups is 1. The predicted molar refractivity (Wildman–Crippen MR) is 78.2 cm³/mol. The molecular weight excluding hydrogens is 274 g/mol. The fourth-order valence-electron chi connectivity index (χ4n) is 1.40. The summed E-state index contributed by atoms with van der Waals surface area (Å²) in [4.78, 5) is 22.4. The van der Waals surface area contributed by atoms with Crippen molar-refractivity contribution in [3.63, 3.8) is 0 Å². The van der Waals surface area contributed by atoms with Crippen LogP contribution in [-0.2, 0) is 4.74 Å². The van der Waals surface area contributed by atoms with Crippen molar-refractivity contribution in [3.05, 3.63) is 29.8 Å². The van der Waals surface area contributed by atoms with Gasteiger partial charge in [-0.3, -0.25) is 0 Å². The van der Waals surface area contributed by atoms with Gasteiger partial charge in [-0.15, -0.1) is 0 Å². The molecule has 1 aromatic carbocycles. The van der Waals surface area contributed by atoms with E-state index in [2.05, 4.69) is 20.7 Å². The molecule has 3 amide bonds. The quantitative estimate of drug-likeness (QED) is 0.524. The number of nitrogens with one attached hydrogen (secondary N) is 3. The SMILES string of the molecule is CCOC(=O)NCCNC(=O)NCOc1ccc(C)cc1. The maximum Gasteiger partial charge on any atom is 0.407 e. The van der Waals surface area contributed by atoms with Crippen LogP contribution < -0.4 is 20.7 Å². The van der Waals surface area contributed by atoms with Crippen LogP contribution in [0.3, 0.4) is 0 Å². The molecule has 1 aromatic rings. The van der Waals surface area contributed by atoms with Gasteiger partial charge in [-0.1, -0.05) is 17.7 Å². The first-order valence-corrected chi connectivity index (χ1v) is 6.73. The number of ether oxygens (including phenoxy) is 2. The zero-order chi connectivity index (χ0) is 15.5. The molecule has 3 N–H and O–H groups in total. The van der Waals surface area contributed by atoms with Crippen LogP contribution in [0, 0.1) is 6.92 Å². The standard InChI is InChI=1S/C14H21N3O4/c1-3-20-14(19)16-9-8-15-13(18)17-10-21-12-6-4-11(2)5-7-12/h4-7H,3,8-10H2,1-2H3,(H,16,19)(H2,15,17,18). The van der Waals surface area contributed by atoms with Crippen LogP contribution >= 0.6 is 0 Å². The first-order chi connectivity index (χ1) is 10.1. The maximum absolute atomic E-state index is 11.4. The molecule has 0 aliphatic heterocycles. The Morgan fingerprint density at radius 2 is 1.71 bits per heavy atom. The van der Waals surface area contributed by atoms with Gasteiger partial charge in [0.15, 0.2) is 6.73 Å². The number of alkyl carbamates (subject to hydrolysis) is 1. The van der Waals surface area contributed by atoms with E-state index >= 15 is 0 Å². The lowest BCUT2D eigenvalue weighted by molar-refractivity contribution is 0.152. The molecule has 1 rings (SSSR count). The van der Waals surface area contributed by atoms with Crippen LogP contribution in [0.25, 0.3) is 0 Å². The van der Waals surface area contributed by atoms with Crippen molar-refractivity contribution in [1.82, 2.24) is 16.0 Å². The van der Waals surface area contributed by atoms with Gasteiger partial charge >= 0.3 is 12.1 Å². The summed E-state index contributed by atoms with van der Waals surface area (Å²) in [6.07, 6.45) is -0.498. The third-order valence-electron chi connectivity index (χ3n) is 2.45. The zero-order valence-corrected chi connectivity index (χ0v) is 12.3. The predicted octanol–water partition coefficient (Wildman–Crippen LogP) is 1.38. The molecule has 7 heteroatoms. The summed E-state index contributed by atoms with van der Waals surface area (Å²) in [5.74, 6) is 0.685. The number of carbonyl (C=O) groups is 2. The van der Waals surface area contributed by atoms with Gasteiger partial charge in [0.1, 0.15) is 5.75 Å². The average Bonchev–Trinajstić information content (AvgIpc) is 2.46. The molecule has 0 heterocycles. The van der Waals surface area contributed by atoms with E-state index < -0.39 is 6.09 Å².